The van der Waals surface area contributed by atoms with Crippen LogP contribution in [0.4, 0.5) is 13.2 Å². The van der Waals surface area contributed by atoms with E-state index in [4.69, 9.17) is 9.47 Å². The highest BCUT2D eigenvalue weighted by atomic mass is 19.4. The van der Waals surface area contributed by atoms with Crippen molar-refractivity contribution >= 4 is 0 Å². The molecule has 22 heavy (non-hydrogen) atoms. The number of ether oxygens (including phenoxy) is 2. The summed E-state index contributed by atoms with van der Waals surface area (Å²) in [5.74, 6) is -0.113. The van der Waals surface area contributed by atoms with Gasteiger partial charge < -0.3 is 14.4 Å². The third kappa shape index (κ3) is 4.84. The molecular weight excluding hydrogens is 297 g/mol. The van der Waals surface area contributed by atoms with E-state index < -0.39 is 11.7 Å². The fraction of sp³-hybridized carbons (Fsp3) is 0.667. The van der Waals surface area contributed by atoms with Gasteiger partial charge >= 0.3 is 6.18 Å². The molecule has 1 aliphatic rings. The van der Waals surface area contributed by atoms with Gasteiger partial charge in [-0.25, -0.2) is 4.98 Å². The van der Waals surface area contributed by atoms with Crippen molar-refractivity contribution in [1.29, 1.82) is 0 Å². The van der Waals surface area contributed by atoms with Gasteiger partial charge in [-0.3, -0.25) is 0 Å². The smallest absolute Gasteiger partial charge is 0.421 e. The van der Waals surface area contributed by atoms with Gasteiger partial charge in [0.2, 0.25) is 5.88 Å². The van der Waals surface area contributed by atoms with Crippen LogP contribution in [-0.2, 0) is 10.9 Å². The number of pyridine rings is 1. The molecule has 0 aliphatic carbocycles. The molecule has 1 unspecified atom stereocenters. The van der Waals surface area contributed by atoms with Crippen molar-refractivity contribution in [2.24, 2.45) is 5.92 Å². The van der Waals surface area contributed by atoms with E-state index in [1.807, 2.05) is 0 Å². The van der Waals surface area contributed by atoms with Gasteiger partial charge in [0.15, 0.2) is 0 Å². The van der Waals surface area contributed by atoms with Crippen molar-refractivity contribution in [1.82, 2.24) is 9.88 Å². The Morgan fingerprint density at radius 1 is 1.41 bits per heavy atom. The monoisotopic (exact) mass is 318 g/mol. The maximum Gasteiger partial charge on any atom is 0.421 e. The fourth-order valence-electron chi connectivity index (χ4n) is 2.63. The van der Waals surface area contributed by atoms with Crippen LogP contribution in [0, 0.1) is 5.92 Å². The molecule has 2 rings (SSSR count). The Balaban J connectivity index is 1.90. The average molecular weight is 318 g/mol. The molecule has 0 spiro atoms. The van der Waals surface area contributed by atoms with Gasteiger partial charge in [0.1, 0.15) is 5.56 Å². The van der Waals surface area contributed by atoms with Gasteiger partial charge in [0.25, 0.3) is 0 Å². The minimum Gasteiger partial charge on any atom is -0.477 e. The van der Waals surface area contributed by atoms with Crippen molar-refractivity contribution < 1.29 is 22.6 Å². The van der Waals surface area contributed by atoms with E-state index >= 15 is 0 Å². The number of alkyl halides is 3. The zero-order valence-electron chi connectivity index (χ0n) is 12.6. The summed E-state index contributed by atoms with van der Waals surface area (Å²) < 4.78 is 49.0. The number of piperidine rings is 1. The molecule has 1 aromatic rings. The number of halogens is 3. The van der Waals surface area contributed by atoms with Crippen LogP contribution in [0.2, 0.25) is 0 Å². The zero-order chi connectivity index (χ0) is 16.0. The molecule has 0 aromatic carbocycles. The highest BCUT2D eigenvalue weighted by Gasteiger charge is 2.35. The first-order chi connectivity index (χ1) is 10.5. The molecule has 2 heterocycles. The Morgan fingerprint density at radius 3 is 2.95 bits per heavy atom. The number of hydrogen-bond acceptors (Lipinski definition) is 4. The van der Waals surface area contributed by atoms with Crippen LogP contribution in [0.25, 0.3) is 0 Å². The highest BCUT2D eigenvalue weighted by Crippen LogP contribution is 2.34. The predicted octanol–water partition coefficient (Wildman–Crippen LogP) is 2.84. The molecule has 124 valence electrons. The minimum atomic E-state index is -4.44. The lowest BCUT2D eigenvalue weighted by molar-refractivity contribution is -0.139. The van der Waals surface area contributed by atoms with Crippen molar-refractivity contribution in [3.05, 3.63) is 23.9 Å². The lowest BCUT2D eigenvalue weighted by atomic mass is 9.99. The minimum absolute atomic E-state index is 0.216. The van der Waals surface area contributed by atoms with E-state index in [0.29, 0.717) is 6.61 Å². The average Bonchev–Trinajstić information content (AvgIpc) is 2.51. The summed E-state index contributed by atoms with van der Waals surface area (Å²) in [5, 5.41) is 0. The maximum absolute atomic E-state index is 12.9. The van der Waals surface area contributed by atoms with Crippen molar-refractivity contribution in [3.63, 3.8) is 0 Å². The Hall–Kier alpha value is -1.34. The van der Waals surface area contributed by atoms with E-state index in [0.717, 1.165) is 38.5 Å². The Morgan fingerprint density at radius 2 is 2.23 bits per heavy atom. The van der Waals surface area contributed by atoms with Crippen molar-refractivity contribution in [3.8, 4) is 5.88 Å². The number of aromatic nitrogens is 1. The van der Waals surface area contributed by atoms with Gasteiger partial charge in [-0.05, 0) is 31.5 Å². The largest absolute Gasteiger partial charge is 0.477 e. The summed E-state index contributed by atoms with van der Waals surface area (Å²) in [7, 11) is 1.66. The molecule has 7 heteroatoms. The van der Waals surface area contributed by atoms with Crippen LogP contribution in [0.5, 0.6) is 5.88 Å². The molecule has 0 bridgehead atoms. The molecule has 0 saturated carbocycles. The van der Waals surface area contributed by atoms with Crippen molar-refractivity contribution in [2.75, 3.05) is 40.0 Å². The number of nitrogens with zero attached hydrogens (tertiary/aromatic N) is 2. The quantitative estimate of drug-likeness (QED) is 0.808. The van der Waals surface area contributed by atoms with Crippen LogP contribution in [-0.4, -0.2) is 49.8 Å². The topological polar surface area (TPSA) is 34.6 Å². The molecule has 1 aromatic heterocycles. The second-order valence-corrected chi connectivity index (χ2v) is 5.47. The molecule has 1 saturated heterocycles. The lowest BCUT2D eigenvalue weighted by Gasteiger charge is -2.32. The summed E-state index contributed by atoms with van der Waals surface area (Å²) in [6.07, 6.45) is -1.15. The fourth-order valence-corrected chi connectivity index (χ4v) is 2.63. The molecule has 0 amide bonds. The van der Waals surface area contributed by atoms with Gasteiger partial charge in [-0.15, -0.1) is 0 Å². The molecule has 0 radical (unpaired) electrons. The zero-order valence-corrected chi connectivity index (χ0v) is 12.6. The van der Waals surface area contributed by atoms with Crippen LogP contribution in [0.15, 0.2) is 18.3 Å². The Labute approximate surface area is 128 Å². The number of methoxy groups -OCH3 is 1. The SMILES string of the molecule is COCCN1CCCC(COc2ncccc2C(F)(F)F)C1. The normalized spacial score (nSPS) is 20.1. The van der Waals surface area contributed by atoms with E-state index in [9.17, 15) is 13.2 Å². The molecular formula is C15H21F3N2O2. The number of likely N-dealkylation sites (tertiary alicyclic amines) is 1. The summed E-state index contributed by atoms with van der Waals surface area (Å²) in [6, 6.07) is 2.26. The Kier molecular flexibility index (Phi) is 6.02. The lowest BCUT2D eigenvalue weighted by Crippen LogP contribution is -2.39. The third-order valence-corrected chi connectivity index (χ3v) is 3.75. The van der Waals surface area contributed by atoms with Gasteiger partial charge in [0, 0.05) is 32.3 Å². The molecule has 4 nitrogen and oxygen atoms in total. The highest BCUT2D eigenvalue weighted by molar-refractivity contribution is 5.28. The van der Waals surface area contributed by atoms with Crippen LogP contribution >= 0.6 is 0 Å². The molecule has 1 aliphatic heterocycles. The molecule has 1 atom stereocenters. The van der Waals surface area contributed by atoms with Crippen molar-refractivity contribution in [2.45, 2.75) is 19.0 Å². The second-order valence-electron chi connectivity index (χ2n) is 5.47. The molecule has 0 N–H and O–H groups in total. The van der Waals surface area contributed by atoms with Gasteiger partial charge in [0.05, 0.1) is 13.2 Å². The number of rotatable bonds is 6. The van der Waals surface area contributed by atoms with E-state index in [2.05, 4.69) is 9.88 Å². The van der Waals surface area contributed by atoms with Crippen LogP contribution < -0.4 is 4.74 Å². The van der Waals surface area contributed by atoms with Gasteiger partial charge in [-0.1, -0.05) is 0 Å². The van der Waals surface area contributed by atoms with E-state index in [1.54, 1.807) is 7.11 Å². The standard InChI is InChI=1S/C15H21F3N2O2/c1-21-9-8-20-7-3-4-12(10-20)11-22-14-13(15(16,17)18)5-2-6-19-14/h2,5-6,12H,3-4,7-11H2,1H3. The predicted molar refractivity (Wildman–Crippen MR) is 75.8 cm³/mol. The third-order valence-electron chi connectivity index (χ3n) is 3.75. The summed E-state index contributed by atoms with van der Waals surface area (Å²) >= 11 is 0. The first-order valence-corrected chi connectivity index (χ1v) is 7.37. The first-order valence-electron chi connectivity index (χ1n) is 7.37. The first kappa shape index (κ1) is 17.0. The number of hydrogen-bond donors (Lipinski definition) is 0. The van der Waals surface area contributed by atoms with E-state index in [-0.39, 0.29) is 18.4 Å². The molecule has 1 fully saturated rings. The van der Waals surface area contributed by atoms with Crippen LogP contribution in [0.3, 0.4) is 0 Å². The summed E-state index contributed by atoms with van der Waals surface area (Å²) in [4.78, 5) is 5.98. The Bertz CT molecular complexity index is 468. The van der Waals surface area contributed by atoms with E-state index in [1.165, 1.54) is 12.3 Å². The summed E-state index contributed by atoms with van der Waals surface area (Å²) in [5.41, 5.74) is -0.818. The summed E-state index contributed by atoms with van der Waals surface area (Å²) in [6.45, 7) is 3.56. The van der Waals surface area contributed by atoms with Gasteiger partial charge in [-0.2, -0.15) is 13.2 Å². The second kappa shape index (κ2) is 7.78. The maximum atomic E-state index is 12.9. The van der Waals surface area contributed by atoms with Crippen LogP contribution in [0.1, 0.15) is 18.4 Å².